The molecule has 70 valence electrons. The van der Waals surface area contributed by atoms with Crippen LogP contribution in [0.4, 0.5) is 4.39 Å². The fraction of sp³-hybridized carbons (Fsp3) is 0.222. The summed E-state index contributed by atoms with van der Waals surface area (Å²) in [4.78, 5) is 10.9. The molecule has 0 N–H and O–H groups in total. The minimum Gasteiger partial charge on any atom is -0.495 e. The van der Waals surface area contributed by atoms with Crippen LogP contribution in [0, 0.1) is 5.82 Å². The number of hydrogen-bond acceptors (Lipinski definition) is 2. The predicted octanol–water partition coefficient (Wildman–Crippen LogP) is 2.69. The fourth-order valence-corrected chi connectivity index (χ4v) is 1.20. The molecule has 0 spiro atoms. The Morgan fingerprint density at radius 3 is 2.62 bits per heavy atom. The molecule has 0 heterocycles. The number of ether oxygens (including phenoxy) is 1. The SMILES string of the molecule is COc1cc(F)c(C(C)=O)cc1Cl. The number of methoxy groups -OCH3 is 1. The molecule has 0 aliphatic heterocycles. The van der Waals surface area contributed by atoms with Crippen LogP contribution < -0.4 is 4.74 Å². The molecule has 0 saturated carbocycles. The van der Waals surface area contributed by atoms with E-state index in [1.807, 2.05) is 0 Å². The van der Waals surface area contributed by atoms with Crippen molar-refractivity contribution < 1.29 is 13.9 Å². The third-order valence-electron chi connectivity index (χ3n) is 1.62. The number of halogens is 2. The maximum Gasteiger partial charge on any atom is 0.162 e. The lowest BCUT2D eigenvalue weighted by molar-refractivity contribution is 0.101. The van der Waals surface area contributed by atoms with E-state index in [9.17, 15) is 9.18 Å². The molecule has 0 saturated heterocycles. The molecule has 0 amide bonds. The summed E-state index contributed by atoms with van der Waals surface area (Å²) >= 11 is 5.70. The van der Waals surface area contributed by atoms with E-state index in [1.165, 1.54) is 20.1 Å². The van der Waals surface area contributed by atoms with Crippen molar-refractivity contribution in [3.05, 3.63) is 28.5 Å². The van der Waals surface area contributed by atoms with Gasteiger partial charge in [0.2, 0.25) is 0 Å². The highest BCUT2D eigenvalue weighted by atomic mass is 35.5. The van der Waals surface area contributed by atoms with Gasteiger partial charge in [-0.15, -0.1) is 0 Å². The highest BCUT2D eigenvalue weighted by Crippen LogP contribution is 2.27. The van der Waals surface area contributed by atoms with Crippen molar-refractivity contribution in [2.45, 2.75) is 6.92 Å². The summed E-state index contributed by atoms with van der Waals surface area (Å²) in [6.07, 6.45) is 0. The van der Waals surface area contributed by atoms with Crippen LogP contribution in [0.5, 0.6) is 5.75 Å². The van der Waals surface area contributed by atoms with Gasteiger partial charge in [-0.05, 0) is 13.0 Å². The molecule has 0 atom stereocenters. The van der Waals surface area contributed by atoms with E-state index in [0.717, 1.165) is 6.07 Å². The molecule has 4 heteroatoms. The Morgan fingerprint density at radius 1 is 1.54 bits per heavy atom. The lowest BCUT2D eigenvalue weighted by atomic mass is 10.1. The number of rotatable bonds is 2. The first-order valence-corrected chi connectivity index (χ1v) is 3.98. The summed E-state index contributed by atoms with van der Waals surface area (Å²) < 4.78 is 17.9. The maximum absolute atomic E-state index is 13.1. The minimum absolute atomic E-state index is 0.0224. The molecule has 0 aromatic heterocycles. The van der Waals surface area contributed by atoms with Crippen molar-refractivity contribution in [3.63, 3.8) is 0 Å². The zero-order chi connectivity index (χ0) is 10.0. The van der Waals surface area contributed by atoms with E-state index in [2.05, 4.69) is 0 Å². The molecule has 0 bridgehead atoms. The monoisotopic (exact) mass is 202 g/mol. The van der Waals surface area contributed by atoms with Crippen LogP contribution in [0.3, 0.4) is 0 Å². The zero-order valence-corrected chi connectivity index (χ0v) is 7.98. The Bertz CT molecular complexity index is 350. The van der Waals surface area contributed by atoms with Crippen LogP contribution in [0.1, 0.15) is 17.3 Å². The van der Waals surface area contributed by atoms with Gasteiger partial charge in [0.25, 0.3) is 0 Å². The number of benzene rings is 1. The topological polar surface area (TPSA) is 26.3 Å². The average Bonchev–Trinajstić information content (AvgIpc) is 2.07. The van der Waals surface area contributed by atoms with Crippen LogP contribution in [-0.4, -0.2) is 12.9 Å². The van der Waals surface area contributed by atoms with E-state index < -0.39 is 5.82 Å². The van der Waals surface area contributed by atoms with E-state index in [0.29, 0.717) is 0 Å². The standard InChI is InChI=1S/C9H8ClFO2/c1-5(12)6-3-7(10)9(13-2)4-8(6)11/h3-4H,1-2H3. The molecule has 0 aliphatic rings. The smallest absolute Gasteiger partial charge is 0.162 e. The van der Waals surface area contributed by atoms with Crippen molar-refractivity contribution in [2.75, 3.05) is 7.11 Å². The first-order valence-electron chi connectivity index (χ1n) is 3.60. The molecule has 1 rings (SSSR count). The fourth-order valence-electron chi connectivity index (χ4n) is 0.955. The Hall–Kier alpha value is -1.09. The van der Waals surface area contributed by atoms with Gasteiger partial charge in [0.05, 0.1) is 17.7 Å². The Kier molecular flexibility index (Phi) is 2.88. The van der Waals surface area contributed by atoms with Gasteiger partial charge in [0.15, 0.2) is 5.78 Å². The molecular weight excluding hydrogens is 195 g/mol. The van der Waals surface area contributed by atoms with Gasteiger partial charge >= 0.3 is 0 Å². The normalized spacial score (nSPS) is 9.85. The van der Waals surface area contributed by atoms with Crippen molar-refractivity contribution in [3.8, 4) is 5.75 Å². The minimum atomic E-state index is -0.617. The molecule has 0 fully saturated rings. The zero-order valence-electron chi connectivity index (χ0n) is 7.23. The van der Waals surface area contributed by atoms with E-state index in [4.69, 9.17) is 16.3 Å². The summed E-state index contributed by atoms with van der Waals surface area (Å²) in [5, 5.41) is 0.231. The second-order valence-electron chi connectivity index (χ2n) is 2.52. The summed E-state index contributed by atoms with van der Waals surface area (Å²) in [6, 6.07) is 2.36. The number of carbonyl (C=O) groups is 1. The van der Waals surface area contributed by atoms with Crippen LogP contribution in [0.15, 0.2) is 12.1 Å². The van der Waals surface area contributed by atoms with Crippen molar-refractivity contribution in [1.29, 1.82) is 0 Å². The molecule has 1 aromatic rings. The lowest BCUT2D eigenvalue weighted by Crippen LogP contribution is -1.98. The molecule has 2 nitrogen and oxygen atoms in total. The molecule has 0 aliphatic carbocycles. The van der Waals surface area contributed by atoms with Crippen molar-refractivity contribution >= 4 is 17.4 Å². The third-order valence-corrected chi connectivity index (χ3v) is 1.92. The van der Waals surface area contributed by atoms with Gasteiger partial charge < -0.3 is 4.74 Å². The maximum atomic E-state index is 13.1. The highest BCUT2D eigenvalue weighted by molar-refractivity contribution is 6.32. The van der Waals surface area contributed by atoms with Gasteiger partial charge in [-0.25, -0.2) is 4.39 Å². The van der Waals surface area contributed by atoms with Crippen LogP contribution in [0.2, 0.25) is 5.02 Å². The van der Waals surface area contributed by atoms with Gasteiger partial charge in [0, 0.05) is 6.07 Å². The molecular formula is C9H8ClFO2. The summed E-state index contributed by atoms with van der Waals surface area (Å²) in [5.74, 6) is -0.750. The van der Waals surface area contributed by atoms with Gasteiger partial charge in [-0.2, -0.15) is 0 Å². The Labute approximate surface area is 80.3 Å². The first-order chi connectivity index (χ1) is 6.06. The second kappa shape index (κ2) is 3.75. The largest absolute Gasteiger partial charge is 0.495 e. The highest BCUT2D eigenvalue weighted by Gasteiger charge is 2.11. The number of Topliss-reactive ketones (excluding diaryl/α,β-unsaturated/α-hetero) is 1. The number of ketones is 1. The van der Waals surface area contributed by atoms with E-state index in [1.54, 1.807) is 0 Å². The predicted molar refractivity (Wildman–Crippen MR) is 48.0 cm³/mol. The van der Waals surface area contributed by atoms with E-state index >= 15 is 0 Å². The molecule has 0 radical (unpaired) electrons. The van der Waals surface area contributed by atoms with Crippen LogP contribution >= 0.6 is 11.6 Å². The summed E-state index contributed by atoms with van der Waals surface area (Å²) in [6.45, 7) is 1.28. The Morgan fingerprint density at radius 2 is 2.15 bits per heavy atom. The summed E-state index contributed by atoms with van der Waals surface area (Å²) in [7, 11) is 1.38. The Balaban J connectivity index is 3.28. The summed E-state index contributed by atoms with van der Waals surface area (Å²) in [5.41, 5.74) is -0.0224. The molecule has 13 heavy (non-hydrogen) atoms. The van der Waals surface area contributed by atoms with Gasteiger partial charge in [-0.3, -0.25) is 4.79 Å². The first kappa shape index (κ1) is 9.99. The second-order valence-corrected chi connectivity index (χ2v) is 2.93. The van der Waals surface area contributed by atoms with Gasteiger partial charge in [0.1, 0.15) is 11.6 Å². The number of hydrogen-bond donors (Lipinski definition) is 0. The van der Waals surface area contributed by atoms with Crippen molar-refractivity contribution in [2.24, 2.45) is 0 Å². The number of carbonyl (C=O) groups excluding carboxylic acids is 1. The van der Waals surface area contributed by atoms with Crippen LogP contribution in [-0.2, 0) is 0 Å². The lowest BCUT2D eigenvalue weighted by Gasteiger charge is -2.05. The average molecular weight is 203 g/mol. The van der Waals surface area contributed by atoms with Gasteiger partial charge in [-0.1, -0.05) is 11.6 Å². The van der Waals surface area contributed by atoms with Crippen molar-refractivity contribution in [1.82, 2.24) is 0 Å². The third kappa shape index (κ3) is 1.98. The quantitative estimate of drug-likeness (QED) is 0.690. The molecule has 1 aromatic carbocycles. The van der Waals surface area contributed by atoms with Crippen LogP contribution in [0.25, 0.3) is 0 Å². The van der Waals surface area contributed by atoms with E-state index in [-0.39, 0.29) is 22.1 Å². The molecule has 0 unspecified atom stereocenters.